The van der Waals surface area contributed by atoms with E-state index in [1.807, 2.05) is 4.90 Å². The number of nitrogens with one attached hydrogen (secondary N) is 1. The number of halogens is 4. The molecule has 2 unspecified atom stereocenters. The van der Waals surface area contributed by atoms with Gasteiger partial charge in [-0.25, -0.2) is 4.39 Å². The van der Waals surface area contributed by atoms with Gasteiger partial charge in [0.2, 0.25) is 0 Å². The van der Waals surface area contributed by atoms with Crippen LogP contribution in [0.4, 0.5) is 23.2 Å². The van der Waals surface area contributed by atoms with Crippen molar-refractivity contribution in [2.45, 2.75) is 24.6 Å². The Morgan fingerprint density at radius 3 is 2.56 bits per heavy atom. The molecule has 2 atom stereocenters. The van der Waals surface area contributed by atoms with Gasteiger partial charge in [0.05, 0.1) is 22.8 Å². The summed E-state index contributed by atoms with van der Waals surface area (Å²) < 4.78 is 52.4. The fourth-order valence-corrected chi connectivity index (χ4v) is 4.21. The van der Waals surface area contributed by atoms with Crippen LogP contribution in [0.3, 0.4) is 0 Å². The van der Waals surface area contributed by atoms with E-state index in [4.69, 9.17) is 0 Å². The summed E-state index contributed by atoms with van der Waals surface area (Å²) in [6.45, 7) is 0.482. The first-order valence-corrected chi connectivity index (χ1v) is 9.94. The number of hydrogen-bond acceptors (Lipinski definition) is 4. The molecule has 1 aromatic heterocycles. The molecule has 0 spiro atoms. The Hall–Kier alpha value is -3.67. The van der Waals surface area contributed by atoms with Crippen molar-refractivity contribution in [2.24, 2.45) is 0 Å². The smallest absolute Gasteiger partial charge is 0.368 e. The van der Waals surface area contributed by atoms with Crippen LogP contribution in [0.15, 0.2) is 54.7 Å². The van der Waals surface area contributed by atoms with Crippen LogP contribution in [0.5, 0.6) is 0 Å². The van der Waals surface area contributed by atoms with Crippen molar-refractivity contribution in [1.29, 1.82) is 5.26 Å². The maximum atomic E-state index is 13.4. The summed E-state index contributed by atoms with van der Waals surface area (Å²) in [6.07, 6.45) is -3.19. The van der Waals surface area contributed by atoms with Crippen molar-refractivity contribution in [2.75, 3.05) is 18.0 Å². The number of fused-ring (bicyclic) bond motifs is 1. The predicted octanol–water partition coefficient (Wildman–Crippen LogP) is 4.29. The topological polar surface area (TPSA) is 69.0 Å². The predicted molar refractivity (Wildman–Crippen MR) is 110 cm³/mol. The van der Waals surface area contributed by atoms with Crippen LogP contribution in [0, 0.1) is 17.1 Å². The van der Waals surface area contributed by atoms with Gasteiger partial charge < -0.3 is 10.2 Å². The summed E-state index contributed by atoms with van der Waals surface area (Å²) in [4.78, 5) is 17.8. The average molecular weight is 442 g/mol. The monoisotopic (exact) mass is 442 g/mol. The van der Waals surface area contributed by atoms with Gasteiger partial charge >= 0.3 is 12.1 Å². The average Bonchev–Trinajstić information content (AvgIpc) is 2.78. The first-order chi connectivity index (χ1) is 15.3. The van der Waals surface area contributed by atoms with E-state index in [9.17, 15) is 27.6 Å². The molecule has 0 saturated carbocycles. The number of piperidine rings is 1. The largest absolute Gasteiger partial charge is 0.471 e. The zero-order valence-corrected chi connectivity index (χ0v) is 16.7. The summed E-state index contributed by atoms with van der Waals surface area (Å²) in [5.41, 5.74) is 2.16. The summed E-state index contributed by atoms with van der Waals surface area (Å²) in [5, 5.41) is 12.4. The van der Waals surface area contributed by atoms with Crippen LogP contribution < -0.4 is 10.2 Å². The quantitative estimate of drug-likeness (QED) is 0.615. The molecule has 1 N–H and O–H groups in total. The van der Waals surface area contributed by atoms with E-state index in [1.54, 1.807) is 24.3 Å². The van der Waals surface area contributed by atoms with Crippen LogP contribution in [0.25, 0.3) is 10.9 Å². The Kier molecular flexibility index (Phi) is 5.70. The Labute approximate surface area is 181 Å². The number of carbonyl (C=O) groups excluding carboxylic acids is 1. The van der Waals surface area contributed by atoms with Crippen molar-refractivity contribution < 1.29 is 22.4 Å². The molecule has 1 aliphatic heterocycles. The van der Waals surface area contributed by atoms with Gasteiger partial charge in [-0.05, 0) is 30.2 Å². The van der Waals surface area contributed by atoms with E-state index in [1.165, 1.54) is 30.5 Å². The van der Waals surface area contributed by atoms with E-state index >= 15 is 0 Å². The highest BCUT2D eigenvalue weighted by Crippen LogP contribution is 2.36. The highest BCUT2D eigenvalue weighted by atomic mass is 19.4. The van der Waals surface area contributed by atoms with Gasteiger partial charge in [-0.2, -0.15) is 18.4 Å². The summed E-state index contributed by atoms with van der Waals surface area (Å²) >= 11 is 0. The van der Waals surface area contributed by atoms with E-state index in [0.717, 1.165) is 0 Å². The summed E-state index contributed by atoms with van der Waals surface area (Å²) in [6, 6.07) is 13.9. The van der Waals surface area contributed by atoms with Crippen LogP contribution in [-0.4, -0.2) is 36.2 Å². The lowest BCUT2D eigenvalue weighted by Crippen LogP contribution is -2.54. The molecule has 0 aliphatic carbocycles. The molecule has 2 aromatic carbocycles. The second-order valence-electron chi connectivity index (χ2n) is 7.62. The number of aromatic nitrogens is 1. The summed E-state index contributed by atoms with van der Waals surface area (Å²) in [7, 11) is 0. The molecule has 1 saturated heterocycles. The lowest BCUT2D eigenvalue weighted by Gasteiger charge is -2.41. The first-order valence-electron chi connectivity index (χ1n) is 9.94. The summed E-state index contributed by atoms with van der Waals surface area (Å²) in [5.74, 6) is -2.93. The van der Waals surface area contributed by atoms with Crippen LogP contribution in [0.2, 0.25) is 0 Å². The number of nitrogens with zero attached hydrogens (tertiary/aromatic N) is 3. The number of benzene rings is 2. The molecule has 32 heavy (non-hydrogen) atoms. The number of rotatable bonds is 3. The molecule has 9 heteroatoms. The number of anilines is 1. The lowest BCUT2D eigenvalue weighted by molar-refractivity contribution is -0.174. The molecule has 164 valence electrons. The molecule has 1 aliphatic rings. The van der Waals surface area contributed by atoms with Gasteiger partial charge in [-0.15, -0.1) is 0 Å². The van der Waals surface area contributed by atoms with Crippen LogP contribution in [-0.2, 0) is 4.79 Å². The van der Waals surface area contributed by atoms with Crippen molar-refractivity contribution in [3.8, 4) is 6.07 Å². The second-order valence-corrected chi connectivity index (χ2v) is 7.62. The Bertz CT molecular complexity index is 1190. The third-order valence-electron chi connectivity index (χ3n) is 5.67. The third kappa shape index (κ3) is 4.21. The van der Waals surface area contributed by atoms with Crippen molar-refractivity contribution in [3.05, 3.63) is 71.7 Å². The molecule has 3 aromatic rings. The van der Waals surface area contributed by atoms with Crippen molar-refractivity contribution in [1.82, 2.24) is 10.3 Å². The molecule has 4 rings (SSSR count). The number of amides is 1. The Balaban J connectivity index is 1.72. The standard InChI is InChI=1S/C23H18F4N4O/c24-16-7-5-14(6-8-16)17-9-10-31(13-20(17)30-22(32)23(25,26)27)21-15(11-28)12-29-19-4-2-1-3-18(19)21/h1-8,12,17,20H,9-10,13H2,(H,30,32). The molecule has 1 amide bonds. The number of hydrogen-bond donors (Lipinski definition) is 1. The molecule has 0 bridgehead atoms. The molecule has 5 nitrogen and oxygen atoms in total. The fourth-order valence-electron chi connectivity index (χ4n) is 4.21. The maximum Gasteiger partial charge on any atom is 0.471 e. The molecular formula is C23H18F4N4O. The van der Waals surface area contributed by atoms with E-state index < -0.39 is 29.9 Å². The number of alkyl halides is 3. The van der Waals surface area contributed by atoms with E-state index in [-0.39, 0.29) is 6.54 Å². The van der Waals surface area contributed by atoms with Crippen molar-refractivity contribution in [3.63, 3.8) is 0 Å². The third-order valence-corrected chi connectivity index (χ3v) is 5.67. The minimum Gasteiger partial charge on any atom is -0.368 e. The van der Waals surface area contributed by atoms with E-state index in [2.05, 4.69) is 16.4 Å². The molecular weight excluding hydrogens is 424 g/mol. The minimum absolute atomic E-state index is 0.0482. The minimum atomic E-state index is -5.03. The fraction of sp³-hybridized carbons (Fsp3) is 0.261. The number of nitriles is 1. The van der Waals surface area contributed by atoms with Gasteiger partial charge in [0.1, 0.15) is 11.9 Å². The zero-order valence-electron chi connectivity index (χ0n) is 16.7. The van der Waals surface area contributed by atoms with Gasteiger partial charge in [-0.3, -0.25) is 9.78 Å². The van der Waals surface area contributed by atoms with Gasteiger partial charge in [0, 0.05) is 30.6 Å². The lowest BCUT2D eigenvalue weighted by atomic mass is 9.84. The van der Waals surface area contributed by atoms with Crippen LogP contribution in [0.1, 0.15) is 23.5 Å². The normalized spacial score (nSPS) is 18.9. The number of carbonyl (C=O) groups is 1. The van der Waals surface area contributed by atoms with Gasteiger partial charge in [0.25, 0.3) is 0 Å². The zero-order chi connectivity index (χ0) is 22.9. The van der Waals surface area contributed by atoms with E-state index in [0.29, 0.717) is 40.7 Å². The van der Waals surface area contributed by atoms with Crippen molar-refractivity contribution >= 4 is 22.5 Å². The Morgan fingerprint density at radius 1 is 1.16 bits per heavy atom. The molecule has 1 fully saturated rings. The highest BCUT2D eigenvalue weighted by Gasteiger charge is 2.42. The molecule has 2 heterocycles. The highest BCUT2D eigenvalue weighted by molar-refractivity contribution is 5.94. The number of para-hydroxylation sites is 1. The van der Waals surface area contributed by atoms with Gasteiger partial charge in [-0.1, -0.05) is 30.3 Å². The molecule has 0 radical (unpaired) electrons. The Morgan fingerprint density at radius 2 is 1.88 bits per heavy atom. The van der Waals surface area contributed by atoms with Gasteiger partial charge in [0.15, 0.2) is 0 Å². The SMILES string of the molecule is N#Cc1cnc2ccccc2c1N1CCC(c2ccc(F)cc2)C(NC(=O)C(F)(F)F)C1. The maximum absolute atomic E-state index is 13.4. The first kappa shape index (κ1) is 21.6. The van der Waals surface area contributed by atoms with Crippen LogP contribution >= 0.6 is 0 Å². The second kappa shape index (κ2) is 8.46. The number of pyridine rings is 1.